The van der Waals surface area contributed by atoms with Gasteiger partial charge in [-0.2, -0.15) is 0 Å². The summed E-state index contributed by atoms with van der Waals surface area (Å²) >= 11 is 3.35. The van der Waals surface area contributed by atoms with E-state index in [1.54, 1.807) is 7.11 Å². The van der Waals surface area contributed by atoms with Gasteiger partial charge in [-0.25, -0.2) is 4.68 Å². The third-order valence-corrected chi connectivity index (χ3v) is 2.30. The quantitative estimate of drug-likeness (QED) is 0.781. The Hall–Kier alpha value is -0.950. The molecule has 1 unspecified atom stereocenters. The van der Waals surface area contributed by atoms with Crippen molar-refractivity contribution in [3.05, 3.63) is 11.9 Å². The molecule has 0 saturated carbocycles. The number of carboxylic acid groups (broad SMARTS) is 1. The van der Waals surface area contributed by atoms with Crippen molar-refractivity contribution in [1.29, 1.82) is 0 Å². The Morgan fingerprint density at radius 2 is 2.57 bits per heavy atom. The van der Waals surface area contributed by atoms with E-state index in [9.17, 15) is 4.79 Å². The molecule has 1 heterocycles. The van der Waals surface area contributed by atoms with Crippen LogP contribution in [0.1, 0.15) is 10.5 Å². The summed E-state index contributed by atoms with van der Waals surface area (Å²) in [4.78, 5) is 10.4. The lowest BCUT2D eigenvalue weighted by Crippen LogP contribution is -2.15. The van der Waals surface area contributed by atoms with E-state index >= 15 is 0 Å². The number of halogens is 1. The predicted molar refractivity (Wildman–Crippen MR) is 51.2 cm³/mol. The summed E-state index contributed by atoms with van der Waals surface area (Å²) in [7, 11) is 1.57. The third-order valence-electron chi connectivity index (χ3n) is 1.57. The minimum absolute atomic E-state index is 0.0955. The second-order valence-electron chi connectivity index (χ2n) is 2.63. The number of carboxylic acids is 1. The first-order valence-electron chi connectivity index (χ1n) is 3.88. The Morgan fingerprint density at radius 1 is 1.86 bits per heavy atom. The lowest BCUT2D eigenvalue weighted by molar-refractivity contribution is -0.138. The Morgan fingerprint density at radius 3 is 3.14 bits per heavy atom. The number of nitrogens with zero attached hydrogens (tertiary/aromatic N) is 3. The molecule has 0 aliphatic heterocycles. The van der Waals surface area contributed by atoms with Gasteiger partial charge in [0, 0.05) is 7.11 Å². The first-order chi connectivity index (χ1) is 6.65. The van der Waals surface area contributed by atoms with Gasteiger partial charge in [0.05, 0.1) is 23.3 Å². The minimum Gasteiger partial charge on any atom is -0.480 e. The van der Waals surface area contributed by atoms with Crippen LogP contribution in [-0.4, -0.2) is 39.8 Å². The largest absolute Gasteiger partial charge is 0.480 e. The summed E-state index contributed by atoms with van der Waals surface area (Å²) in [6, 6.07) is 0. The topological polar surface area (TPSA) is 77.2 Å². The lowest BCUT2D eigenvalue weighted by Gasteiger charge is -2.08. The molecule has 0 aromatic carbocycles. The van der Waals surface area contributed by atoms with Gasteiger partial charge >= 0.3 is 5.97 Å². The molecule has 1 aromatic rings. The van der Waals surface area contributed by atoms with Crippen molar-refractivity contribution in [1.82, 2.24) is 15.0 Å². The van der Waals surface area contributed by atoms with Crippen LogP contribution in [0.15, 0.2) is 6.20 Å². The van der Waals surface area contributed by atoms with Crippen LogP contribution in [0.3, 0.4) is 0 Å². The fourth-order valence-electron chi connectivity index (χ4n) is 0.991. The van der Waals surface area contributed by atoms with E-state index in [1.807, 2.05) is 0 Å². The molecule has 0 spiro atoms. The zero-order valence-electron chi connectivity index (χ0n) is 7.55. The monoisotopic (exact) mass is 263 g/mol. The Labute approximate surface area is 89.0 Å². The number of aromatic nitrogens is 3. The van der Waals surface area contributed by atoms with Crippen LogP contribution >= 0.6 is 15.9 Å². The average Bonchev–Trinajstić information content (AvgIpc) is 2.51. The van der Waals surface area contributed by atoms with Gasteiger partial charge in [0.25, 0.3) is 0 Å². The molecule has 1 atom stereocenters. The van der Waals surface area contributed by atoms with E-state index < -0.39 is 5.97 Å². The summed E-state index contributed by atoms with van der Waals surface area (Å²) < 4.78 is 6.24. The normalized spacial score (nSPS) is 12.7. The maximum Gasteiger partial charge on any atom is 0.325 e. The maximum absolute atomic E-state index is 10.5. The van der Waals surface area contributed by atoms with Crippen molar-refractivity contribution < 1.29 is 14.6 Å². The van der Waals surface area contributed by atoms with Crippen LogP contribution in [-0.2, 0) is 16.1 Å². The van der Waals surface area contributed by atoms with Gasteiger partial charge in [0.1, 0.15) is 6.54 Å². The van der Waals surface area contributed by atoms with Crippen LogP contribution in [0, 0.1) is 0 Å². The highest BCUT2D eigenvalue weighted by atomic mass is 79.9. The number of methoxy groups -OCH3 is 1. The predicted octanol–water partition coefficient (Wildman–Crippen LogP) is 0.445. The van der Waals surface area contributed by atoms with Crippen LogP contribution in [0.2, 0.25) is 0 Å². The second kappa shape index (κ2) is 5.06. The highest BCUT2D eigenvalue weighted by Gasteiger charge is 2.15. The average molecular weight is 264 g/mol. The van der Waals surface area contributed by atoms with E-state index in [1.165, 1.54) is 10.9 Å². The molecule has 1 rings (SSSR count). The first-order valence-corrected chi connectivity index (χ1v) is 4.80. The molecule has 0 fully saturated rings. The van der Waals surface area contributed by atoms with Crippen molar-refractivity contribution in [2.24, 2.45) is 0 Å². The van der Waals surface area contributed by atoms with Crippen LogP contribution < -0.4 is 0 Å². The van der Waals surface area contributed by atoms with Crippen molar-refractivity contribution >= 4 is 21.9 Å². The van der Waals surface area contributed by atoms with E-state index in [2.05, 4.69) is 26.2 Å². The number of alkyl halides is 1. The summed E-state index contributed by atoms with van der Waals surface area (Å²) in [6.07, 6.45) is 1.52. The highest BCUT2D eigenvalue weighted by Crippen LogP contribution is 2.21. The summed E-state index contributed by atoms with van der Waals surface area (Å²) in [5, 5.41) is 15.9. The van der Waals surface area contributed by atoms with Gasteiger partial charge in [-0.15, -0.1) is 5.10 Å². The third kappa shape index (κ3) is 2.78. The fraction of sp³-hybridized carbons (Fsp3) is 0.571. The zero-order chi connectivity index (χ0) is 10.6. The number of ether oxygens (including phenoxy) is 1. The second-order valence-corrected chi connectivity index (χ2v) is 3.74. The Balaban J connectivity index is 2.75. The molecule has 1 aromatic heterocycles. The van der Waals surface area contributed by atoms with Crippen molar-refractivity contribution in [3.8, 4) is 0 Å². The summed E-state index contributed by atoms with van der Waals surface area (Å²) in [6.45, 7) is 0.244. The molecule has 0 aliphatic rings. The van der Waals surface area contributed by atoms with Gasteiger partial charge < -0.3 is 9.84 Å². The van der Waals surface area contributed by atoms with E-state index in [4.69, 9.17) is 9.84 Å². The van der Waals surface area contributed by atoms with Gasteiger partial charge in [-0.3, -0.25) is 4.79 Å². The van der Waals surface area contributed by atoms with Crippen molar-refractivity contribution in [2.45, 2.75) is 11.4 Å². The van der Waals surface area contributed by atoms with Gasteiger partial charge in [0.15, 0.2) is 0 Å². The first kappa shape index (κ1) is 11.1. The summed E-state index contributed by atoms with van der Waals surface area (Å²) in [5.74, 6) is -0.950. The SMILES string of the molecule is COCC(Br)c1cnnn1CC(=O)O. The zero-order valence-corrected chi connectivity index (χ0v) is 9.14. The number of carbonyl (C=O) groups is 1. The van der Waals surface area contributed by atoms with Gasteiger partial charge in [0.2, 0.25) is 0 Å². The molecule has 78 valence electrons. The van der Waals surface area contributed by atoms with E-state index in [0.717, 1.165) is 0 Å². The van der Waals surface area contributed by atoms with Crippen LogP contribution in [0.5, 0.6) is 0 Å². The number of hydrogen-bond donors (Lipinski definition) is 1. The Kier molecular flexibility index (Phi) is 4.02. The summed E-state index contributed by atoms with van der Waals surface area (Å²) in [5.41, 5.74) is 0.689. The molecule has 0 amide bonds. The Bertz CT molecular complexity index is 315. The van der Waals surface area contributed by atoms with Crippen LogP contribution in [0.4, 0.5) is 0 Å². The van der Waals surface area contributed by atoms with Gasteiger partial charge in [-0.05, 0) is 0 Å². The molecular formula is C7H10BrN3O3. The molecular weight excluding hydrogens is 254 g/mol. The number of hydrogen-bond acceptors (Lipinski definition) is 4. The molecule has 14 heavy (non-hydrogen) atoms. The van der Waals surface area contributed by atoms with Crippen molar-refractivity contribution in [2.75, 3.05) is 13.7 Å². The van der Waals surface area contributed by atoms with E-state index in [0.29, 0.717) is 12.3 Å². The maximum atomic E-state index is 10.5. The number of aliphatic carboxylic acids is 1. The highest BCUT2D eigenvalue weighted by molar-refractivity contribution is 9.09. The van der Waals surface area contributed by atoms with Crippen LogP contribution in [0.25, 0.3) is 0 Å². The minimum atomic E-state index is -0.950. The fourth-order valence-corrected chi connectivity index (χ4v) is 1.61. The molecule has 0 bridgehead atoms. The molecule has 0 saturated heterocycles. The lowest BCUT2D eigenvalue weighted by atomic mass is 10.3. The molecule has 1 N–H and O–H groups in total. The molecule has 0 aliphatic carbocycles. The standard InChI is InChI=1S/C7H10BrN3O3/c1-14-4-5(8)6-2-9-10-11(6)3-7(12)13/h2,5H,3-4H2,1H3,(H,12,13). The van der Waals surface area contributed by atoms with Gasteiger partial charge in [-0.1, -0.05) is 21.1 Å². The number of rotatable bonds is 5. The molecule has 6 nitrogen and oxygen atoms in total. The van der Waals surface area contributed by atoms with E-state index in [-0.39, 0.29) is 11.4 Å². The smallest absolute Gasteiger partial charge is 0.325 e. The molecule has 0 radical (unpaired) electrons. The molecule has 7 heteroatoms. The van der Waals surface area contributed by atoms with Crippen molar-refractivity contribution in [3.63, 3.8) is 0 Å².